The van der Waals surface area contributed by atoms with Crippen molar-refractivity contribution in [3.8, 4) is 0 Å². The van der Waals surface area contributed by atoms with Crippen LogP contribution < -0.4 is 4.90 Å². The van der Waals surface area contributed by atoms with Crippen LogP contribution in [0.25, 0.3) is 0 Å². The molecule has 5 nitrogen and oxygen atoms in total. The van der Waals surface area contributed by atoms with Crippen molar-refractivity contribution in [2.24, 2.45) is 0 Å². The average Bonchev–Trinajstić information content (AvgIpc) is 2.79. The molecule has 0 aromatic heterocycles. The molecule has 0 saturated carbocycles. The maximum Gasteiger partial charge on any atom is 0.337 e. The minimum atomic E-state index is -0.537. The number of hydrogen-bond donors (Lipinski definition) is 0. The number of methoxy groups -OCH3 is 1. The second kappa shape index (κ2) is 5.38. The third-order valence-electron chi connectivity index (χ3n) is 3.40. The summed E-state index contributed by atoms with van der Waals surface area (Å²) in [5.74, 6) is -1.36. The molecular weight excluding hydrogens is 350 g/mol. The number of carbonyl (C=O) groups excluding carboxylic acids is 3. The van der Waals surface area contributed by atoms with E-state index >= 15 is 0 Å². The number of nitrogens with zero attached hydrogens (tertiary/aromatic N) is 1. The molecule has 3 rings (SSSR count). The molecule has 0 spiro atoms. The first-order valence-electron chi connectivity index (χ1n) is 6.40. The number of fused-ring (bicyclic) bond motifs is 1. The van der Waals surface area contributed by atoms with E-state index in [1.165, 1.54) is 13.2 Å². The molecule has 0 bridgehead atoms. The van der Waals surface area contributed by atoms with Crippen molar-refractivity contribution in [3.05, 3.63) is 63.6 Å². The Kier molecular flexibility index (Phi) is 3.54. The Morgan fingerprint density at radius 2 is 1.64 bits per heavy atom. The van der Waals surface area contributed by atoms with Gasteiger partial charge in [0.2, 0.25) is 0 Å². The molecule has 22 heavy (non-hydrogen) atoms. The fourth-order valence-corrected chi connectivity index (χ4v) is 2.76. The topological polar surface area (TPSA) is 63.7 Å². The van der Waals surface area contributed by atoms with E-state index in [-0.39, 0.29) is 5.56 Å². The van der Waals surface area contributed by atoms with Crippen LogP contribution in [0.4, 0.5) is 5.69 Å². The lowest BCUT2D eigenvalue weighted by Gasteiger charge is -2.16. The molecule has 2 aromatic rings. The summed E-state index contributed by atoms with van der Waals surface area (Å²) in [4.78, 5) is 37.7. The van der Waals surface area contributed by atoms with E-state index in [1.807, 2.05) is 0 Å². The van der Waals surface area contributed by atoms with Crippen molar-refractivity contribution < 1.29 is 19.1 Å². The summed E-state index contributed by atoms with van der Waals surface area (Å²) in [6, 6.07) is 11.2. The molecule has 0 radical (unpaired) electrons. The Morgan fingerprint density at radius 3 is 2.18 bits per heavy atom. The fourth-order valence-electron chi connectivity index (χ4n) is 2.34. The summed E-state index contributed by atoms with van der Waals surface area (Å²) < 4.78 is 5.20. The highest BCUT2D eigenvalue weighted by atomic mass is 79.9. The van der Waals surface area contributed by atoms with Gasteiger partial charge in [-0.2, -0.15) is 0 Å². The summed E-state index contributed by atoms with van der Waals surface area (Å²) in [5.41, 5.74) is 1.28. The number of imide groups is 1. The molecule has 2 aromatic carbocycles. The molecule has 110 valence electrons. The molecule has 2 amide bonds. The van der Waals surface area contributed by atoms with Crippen molar-refractivity contribution in [1.29, 1.82) is 0 Å². The van der Waals surface area contributed by atoms with E-state index in [4.69, 9.17) is 0 Å². The Morgan fingerprint density at radius 1 is 1.05 bits per heavy atom. The summed E-state index contributed by atoms with van der Waals surface area (Å²) in [6.45, 7) is 0. The van der Waals surface area contributed by atoms with Crippen molar-refractivity contribution in [1.82, 2.24) is 0 Å². The van der Waals surface area contributed by atoms with E-state index < -0.39 is 17.8 Å². The highest BCUT2D eigenvalue weighted by molar-refractivity contribution is 9.10. The lowest BCUT2D eigenvalue weighted by atomic mass is 10.1. The van der Waals surface area contributed by atoms with Gasteiger partial charge in [0.25, 0.3) is 11.8 Å². The maximum absolute atomic E-state index is 12.5. The lowest BCUT2D eigenvalue weighted by Crippen LogP contribution is -2.30. The largest absolute Gasteiger partial charge is 0.465 e. The Hall–Kier alpha value is -2.47. The van der Waals surface area contributed by atoms with Gasteiger partial charge >= 0.3 is 5.97 Å². The highest BCUT2D eigenvalue weighted by Crippen LogP contribution is 2.34. The molecule has 1 heterocycles. The summed E-state index contributed by atoms with van der Waals surface area (Å²) in [7, 11) is 1.27. The molecule has 0 unspecified atom stereocenters. The summed E-state index contributed by atoms with van der Waals surface area (Å²) in [6.07, 6.45) is 0. The van der Waals surface area contributed by atoms with Crippen LogP contribution in [0.15, 0.2) is 46.9 Å². The second-order valence-electron chi connectivity index (χ2n) is 4.65. The van der Waals surface area contributed by atoms with Crippen LogP contribution >= 0.6 is 15.9 Å². The van der Waals surface area contributed by atoms with E-state index in [9.17, 15) is 14.4 Å². The van der Waals surface area contributed by atoms with Gasteiger partial charge in [-0.25, -0.2) is 9.69 Å². The molecule has 0 atom stereocenters. The van der Waals surface area contributed by atoms with Crippen LogP contribution in [-0.2, 0) is 4.74 Å². The van der Waals surface area contributed by atoms with Gasteiger partial charge in [0, 0.05) is 4.47 Å². The Labute approximate surface area is 134 Å². The number of amides is 2. The van der Waals surface area contributed by atoms with Crippen molar-refractivity contribution in [3.63, 3.8) is 0 Å². The van der Waals surface area contributed by atoms with E-state index in [2.05, 4.69) is 20.7 Å². The lowest BCUT2D eigenvalue weighted by molar-refractivity contribution is 0.0600. The van der Waals surface area contributed by atoms with Crippen molar-refractivity contribution >= 4 is 39.4 Å². The number of carbonyl (C=O) groups is 3. The molecule has 0 N–H and O–H groups in total. The smallest absolute Gasteiger partial charge is 0.337 e. The van der Waals surface area contributed by atoms with Crippen LogP contribution in [0.5, 0.6) is 0 Å². The summed E-state index contributed by atoms with van der Waals surface area (Å²) in [5, 5.41) is 0. The van der Waals surface area contributed by atoms with Gasteiger partial charge in [0.05, 0.1) is 29.5 Å². The quantitative estimate of drug-likeness (QED) is 0.610. The predicted octanol–water partition coefficient (Wildman–Crippen LogP) is 3.04. The van der Waals surface area contributed by atoms with Crippen molar-refractivity contribution in [2.45, 2.75) is 0 Å². The van der Waals surface area contributed by atoms with Gasteiger partial charge in [0.15, 0.2) is 0 Å². The second-order valence-corrected chi connectivity index (χ2v) is 5.50. The zero-order valence-electron chi connectivity index (χ0n) is 11.5. The Bertz CT molecular complexity index is 781. The fraction of sp³-hybridized carbons (Fsp3) is 0.0625. The first-order chi connectivity index (χ1) is 10.5. The molecule has 0 fully saturated rings. The number of halogens is 1. The van der Waals surface area contributed by atoms with Crippen LogP contribution in [0, 0.1) is 0 Å². The zero-order chi connectivity index (χ0) is 15.9. The number of benzene rings is 2. The molecule has 0 aliphatic carbocycles. The summed E-state index contributed by atoms with van der Waals surface area (Å²) >= 11 is 3.31. The number of hydrogen-bond acceptors (Lipinski definition) is 4. The first-order valence-corrected chi connectivity index (χ1v) is 7.19. The van der Waals surface area contributed by atoms with Crippen LogP contribution in [-0.4, -0.2) is 24.9 Å². The molecular formula is C16H10BrNO4. The average molecular weight is 360 g/mol. The van der Waals surface area contributed by atoms with Gasteiger partial charge in [-0.05, 0) is 46.3 Å². The van der Waals surface area contributed by atoms with Crippen LogP contribution in [0.2, 0.25) is 0 Å². The molecule has 1 aliphatic heterocycles. The first kappa shape index (κ1) is 14.5. The Balaban J connectivity index is 2.11. The van der Waals surface area contributed by atoms with Crippen molar-refractivity contribution in [2.75, 3.05) is 12.0 Å². The number of rotatable bonds is 2. The van der Waals surface area contributed by atoms with Gasteiger partial charge in [0.1, 0.15) is 0 Å². The van der Waals surface area contributed by atoms with Gasteiger partial charge in [-0.15, -0.1) is 0 Å². The maximum atomic E-state index is 12.5. The minimum absolute atomic E-state index is 0.261. The van der Waals surface area contributed by atoms with Crippen LogP contribution in [0.1, 0.15) is 31.1 Å². The van der Waals surface area contributed by atoms with Crippen LogP contribution in [0.3, 0.4) is 0 Å². The van der Waals surface area contributed by atoms with E-state index in [1.54, 1.807) is 36.4 Å². The normalized spacial score (nSPS) is 13.3. The highest BCUT2D eigenvalue weighted by Gasteiger charge is 2.37. The van der Waals surface area contributed by atoms with Gasteiger partial charge in [-0.1, -0.05) is 12.1 Å². The number of anilines is 1. The third-order valence-corrected chi connectivity index (χ3v) is 4.07. The third kappa shape index (κ3) is 2.12. The van der Waals surface area contributed by atoms with Gasteiger partial charge in [-0.3, -0.25) is 9.59 Å². The molecule has 1 aliphatic rings. The SMILES string of the molecule is COC(=O)c1ccc(Br)c(N2C(=O)c3ccccc3C2=O)c1. The minimum Gasteiger partial charge on any atom is -0.465 e. The molecule has 0 saturated heterocycles. The van der Waals surface area contributed by atoms with E-state index in [0.29, 0.717) is 21.3 Å². The number of esters is 1. The zero-order valence-corrected chi connectivity index (χ0v) is 13.1. The van der Waals surface area contributed by atoms with E-state index in [0.717, 1.165) is 4.90 Å². The molecule has 6 heteroatoms. The number of ether oxygens (including phenoxy) is 1. The predicted molar refractivity (Wildman–Crippen MR) is 83.1 cm³/mol. The standard InChI is InChI=1S/C16H10BrNO4/c1-22-16(21)9-6-7-12(17)13(8-9)18-14(19)10-4-2-3-5-11(10)15(18)20/h2-8H,1H3. The monoisotopic (exact) mass is 359 g/mol. The van der Waals surface area contributed by atoms with Gasteiger partial charge < -0.3 is 4.74 Å².